The Hall–Kier alpha value is -4.21. The van der Waals surface area contributed by atoms with Gasteiger partial charge >= 0.3 is 5.69 Å². The number of para-hydroxylation sites is 1. The molecule has 0 spiro atoms. The minimum Gasteiger partial charge on any atom is -0.506 e. The number of non-ortho nitro benzene ring substituents is 1. The molecule has 0 amide bonds. The molecule has 0 fully saturated rings. The van der Waals surface area contributed by atoms with Crippen LogP contribution in [0.25, 0.3) is 5.69 Å². The Balaban J connectivity index is 2.13. The molecule has 0 saturated heterocycles. The maximum atomic E-state index is 12.0. The highest BCUT2D eigenvalue weighted by Gasteiger charge is 2.15. The van der Waals surface area contributed by atoms with Crippen molar-refractivity contribution in [2.24, 2.45) is 4.99 Å². The highest BCUT2D eigenvalue weighted by Crippen LogP contribution is 2.30. The van der Waals surface area contributed by atoms with E-state index in [2.05, 4.69) is 9.98 Å². The lowest BCUT2D eigenvalue weighted by molar-refractivity contribution is -0.384. The number of aromatic amines is 1. The van der Waals surface area contributed by atoms with Gasteiger partial charge in [-0.15, -0.1) is 0 Å². The monoisotopic (exact) mass is 368 g/mol. The number of aromatic nitrogens is 2. The van der Waals surface area contributed by atoms with Crippen LogP contribution in [-0.2, 0) is 0 Å². The molecule has 0 saturated carbocycles. The van der Waals surface area contributed by atoms with Gasteiger partial charge in [0.15, 0.2) is 0 Å². The Labute approximate surface area is 150 Å². The maximum absolute atomic E-state index is 12.0. The van der Waals surface area contributed by atoms with Crippen LogP contribution >= 0.6 is 0 Å². The van der Waals surface area contributed by atoms with Crippen molar-refractivity contribution in [1.82, 2.24) is 9.55 Å². The van der Waals surface area contributed by atoms with Crippen LogP contribution in [0.15, 0.2) is 63.1 Å². The van der Waals surface area contributed by atoms with Gasteiger partial charge in [-0.3, -0.25) is 24.9 Å². The highest BCUT2D eigenvalue weighted by atomic mass is 16.6. The zero-order valence-corrected chi connectivity index (χ0v) is 13.6. The van der Waals surface area contributed by atoms with Crippen molar-refractivity contribution in [1.29, 1.82) is 0 Å². The first-order chi connectivity index (χ1) is 12.9. The third-order valence-corrected chi connectivity index (χ3v) is 3.64. The second-order valence-corrected chi connectivity index (χ2v) is 5.36. The number of nitrogens with one attached hydrogen (secondary N) is 1. The lowest BCUT2D eigenvalue weighted by atomic mass is 10.2. The van der Waals surface area contributed by atoms with Gasteiger partial charge in [-0.1, -0.05) is 18.2 Å². The molecular formula is C17H12N4O6. The molecule has 136 valence electrons. The summed E-state index contributed by atoms with van der Waals surface area (Å²) >= 11 is 0. The zero-order chi connectivity index (χ0) is 19.6. The number of nitro groups is 1. The fourth-order valence-electron chi connectivity index (χ4n) is 2.33. The van der Waals surface area contributed by atoms with Crippen LogP contribution in [-0.4, -0.2) is 30.9 Å². The topological polar surface area (TPSA) is 151 Å². The summed E-state index contributed by atoms with van der Waals surface area (Å²) in [6.07, 6.45) is 0.909. The fourth-order valence-corrected chi connectivity index (χ4v) is 2.33. The van der Waals surface area contributed by atoms with Crippen molar-refractivity contribution >= 4 is 17.6 Å². The molecule has 1 heterocycles. The largest absolute Gasteiger partial charge is 0.506 e. The third kappa shape index (κ3) is 3.44. The second-order valence-electron chi connectivity index (χ2n) is 5.36. The van der Waals surface area contributed by atoms with Gasteiger partial charge in [-0.25, -0.2) is 9.36 Å². The molecule has 10 heteroatoms. The first-order valence-corrected chi connectivity index (χ1v) is 7.53. The lowest BCUT2D eigenvalue weighted by Gasteiger charge is -2.09. The van der Waals surface area contributed by atoms with Crippen LogP contribution in [0.5, 0.6) is 11.6 Å². The summed E-state index contributed by atoms with van der Waals surface area (Å²) in [6.45, 7) is 0. The smallest absolute Gasteiger partial charge is 0.335 e. The zero-order valence-electron chi connectivity index (χ0n) is 13.6. The fraction of sp³-hybridized carbons (Fsp3) is 0. The summed E-state index contributed by atoms with van der Waals surface area (Å²) in [5, 5.41) is 31.0. The van der Waals surface area contributed by atoms with Gasteiger partial charge < -0.3 is 10.2 Å². The average molecular weight is 368 g/mol. The van der Waals surface area contributed by atoms with E-state index >= 15 is 0 Å². The maximum Gasteiger partial charge on any atom is 0.335 e. The van der Waals surface area contributed by atoms with Crippen molar-refractivity contribution in [3.63, 3.8) is 0 Å². The number of rotatable bonds is 4. The predicted molar refractivity (Wildman–Crippen MR) is 96.3 cm³/mol. The number of benzene rings is 2. The van der Waals surface area contributed by atoms with Gasteiger partial charge in [-0.2, -0.15) is 0 Å². The van der Waals surface area contributed by atoms with E-state index in [0.717, 1.165) is 29.0 Å². The Bertz CT molecular complexity index is 1160. The molecular weight excluding hydrogens is 356 g/mol. The van der Waals surface area contributed by atoms with E-state index in [1.165, 1.54) is 0 Å². The van der Waals surface area contributed by atoms with Crippen LogP contribution in [0.2, 0.25) is 0 Å². The van der Waals surface area contributed by atoms with E-state index in [1.54, 1.807) is 30.3 Å². The number of nitrogens with zero attached hydrogens (tertiary/aromatic N) is 3. The minimum absolute atomic E-state index is 0.180. The number of aliphatic imine (C=N–C) groups is 1. The SMILES string of the molecule is O=c1[nH]c(=O)n(-c2ccccc2)c(O)c1C=Nc1cc([N+](=O)[O-])ccc1O. The average Bonchev–Trinajstić information content (AvgIpc) is 2.63. The van der Waals surface area contributed by atoms with Crippen molar-refractivity contribution in [2.75, 3.05) is 0 Å². The van der Waals surface area contributed by atoms with Crippen molar-refractivity contribution < 1.29 is 15.1 Å². The van der Waals surface area contributed by atoms with E-state index in [0.29, 0.717) is 5.69 Å². The minimum atomic E-state index is -0.904. The molecule has 3 N–H and O–H groups in total. The van der Waals surface area contributed by atoms with Crippen LogP contribution < -0.4 is 11.2 Å². The summed E-state index contributed by atoms with van der Waals surface area (Å²) in [5.74, 6) is -1.02. The summed E-state index contributed by atoms with van der Waals surface area (Å²) in [5.41, 5.74) is -2.29. The van der Waals surface area contributed by atoms with E-state index in [4.69, 9.17) is 0 Å². The number of hydrogen-bond donors (Lipinski definition) is 3. The van der Waals surface area contributed by atoms with E-state index < -0.39 is 22.1 Å². The van der Waals surface area contributed by atoms with Crippen LogP contribution in [0.3, 0.4) is 0 Å². The molecule has 0 radical (unpaired) electrons. The van der Waals surface area contributed by atoms with Crippen LogP contribution in [0.1, 0.15) is 5.56 Å². The molecule has 0 aliphatic carbocycles. The molecule has 3 rings (SSSR count). The summed E-state index contributed by atoms with van der Waals surface area (Å²) in [7, 11) is 0. The predicted octanol–water partition coefficient (Wildman–Crippen LogP) is 1.60. The van der Waals surface area contributed by atoms with Gasteiger partial charge in [0, 0.05) is 18.3 Å². The first-order valence-electron chi connectivity index (χ1n) is 7.53. The van der Waals surface area contributed by atoms with Crippen molar-refractivity contribution in [3.8, 4) is 17.3 Å². The van der Waals surface area contributed by atoms with Crippen molar-refractivity contribution in [2.45, 2.75) is 0 Å². The Morgan fingerprint density at radius 2 is 1.81 bits per heavy atom. The van der Waals surface area contributed by atoms with Gasteiger partial charge in [0.25, 0.3) is 11.2 Å². The number of phenols is 1. The molecule has 10 nitrogen and oxygen atoms in total. The molecule has 0 aliphatic rings. The molecule has 0 atom stereocenters. The molecule has 0 bridgehead atoms. The molecule has 0 aliphatic heterocycles. The van der Waals surface area contributed by atoms with Crippen molar-refractivity contribution in [3.05, 3.63) is 85.0 Å². The molecule has 3 aromatic rings. The number of aromatic hydroxyl groups is 2. The van der Waals surface area contributed by atoms with E-state index in [1.807, 2.05) is 0 Å². The van der Waals surface area contributed by atoms with Gasteiger partial charge in [-0.05, 0) is 18.2 Å². The summed E-state index contributed by atoms with van der Waals surface area (Å²) in [4.78, 5) is 40.1. The number of nitro benzene ring substituents is 1. The third-order valence-electron chi connectivity index (χ3n) is 3.64. The van der Waals surface area contributed by atoms with E-state index in [9.17, 15) is 29.9 Å². The quantitative estimate of drug-likeness (QED) is 0.361. The van der Waals surface area contributed by atoms with Crippen LogP contribution in [0.4, 0.5) is 11.4 Å². The van der Waals surface area contributed by atoms with E-state index in [-0.39, 0.29) is 22.7 Å². The molecule has 2 aromatic carbocycles. The molecule has 1 aromatic heterocycles. The standard InChI is InChI=1S/C17H12N4O6/c22-14-7-6-11(21(26)27)8-13(14)18-9-12-15(23)19-17(25)20(16(12)24)10-4-2-1-3-5-10/h1-9,22,24H,(H,19,23,25). The highest BCUT2D eigenvalue weighted by molar-refractivity contribution is 5.85. The first kappa shape index (κ1) is 17.6. The summed E-state index contributed by atoms with van der Waals surface area (Å²) < 4.78 is 0.871. The number of H-pyrrole nitrogens is 1. The molecule has 0 unspecified atom stereocenters. The Morgan fingerprint density at radius 1 is 1.11 bits per heavy atom. The van der Waals surface area contributed by atoms with Crippen LogP contribution in [0, 0.1) is 10.1 Å². The number of phenolic OH excluding ortho intramolecular Hbond substituents is 1. The second kappa shape index (κ2) is 6.96. The normalized spacial score (nSPS) is 11.0. The number of hydrogen-bond acceptors (Lipinski definition) is 7. The van der Waals surface area contributed by atoms with Gasteiger partial charge in [0.05, 0.1) is 10.6 Å². The lowest BCUT2D eigenvalue weighted by Crippen LogP contribution is -2.31. The van der Waals surface area contributed by atoms with Gasteiger partial charge in [0.1, 0.15) is 17.0 Å². The Morgan fingerprint density at radius 3 is 2.48 bits per heavy atom. The Kier molecular flexibility index (Phi) is 4.54. The summed E-state index contributed by atoms with van der Waals surface area (Å²) in [6, 6.07) is 11.3. The molecule has 27 heavy (non-hydrogen) atoms. The van der Waals surface area contributed by atoms with Gasteiger partial charge in [0.2, 0.25) is 5.88 Å².